The summed E-state index contributed by atoms with van der Waals surface area (Å²) in [7, 11) is -3.40. The van der Waals surface area contributed by atoms with Crippen LogP contribution in [0, 0.1) is 0 Å². The molecule has 0 bridgehead atoms. The number of rotatable bonds is 4. The van der Waals surface area contributed by atoms with Crippen LogP contribution in [0.4, 0.5) is 5.69 Å². The van der Waals surface area contributed by atoms with Crippen molar-refractivity contribution in [2.24, 2.45) is 0 Å². The molecule has 0 aromatic heterocycles. The van der Waals surface area contributed by atoms with Gasteiger partial charge in [0.25, 0.3) is 0 Å². The van der Waals surface area contributed by atoms with E-state index < -0.39 is 21.7 Å². The molecule has 2 rings (SSSR count). The fraction of sp³-hybridized carbons (Fsp3) is 0.300. The first kappa shape index (κ1) is 11.7. The molecule has 0 unspecified atom stereocenters. The smallest absolute Gasteiger partial charge is 0.339 e. The summed E-state index contributed by atoms with van der Waals surface area (Å²) in [5, 5.41) is 17.7. The largest absolute Gasteiger partial charge is 0.507 e. The number of sulfonamides is 1. The van der Waals surface area contributed by atoms with Gasteiger partial charge in [0, 0.05) is 6.07 Å². The lowest BCUT2D eigenvalue weighted by molar-refractivity contribution is 0.0694. The average Bonchev–Trinajstić information content (AvgIpc) is 2.98. The maximum atomic E-state index is 11.6. The fourth-order valence-electron chi connectivity index (χ4n) is 1.40. The van der Waals surface area contributed by atoms with Gasteiger partial charge in [0.05, 0.1) is 10.9 Å². The van der Waals surface area contributed by atoms with Gasteiger partial charge in [0.2, 0.25) is 10.0 Å². The molecule has 0 amide bonds. The molecule has 0 radical (unpaired) electrons. The summed E-state index contributed by atoms with van der Waals surface area (Å²) in [5.74, 6) is -1.73. The zero-order chi connectivity index (χ0) is 12.6. The van der Waals surface area contributed by atoms with E-state index in [0.717, 1.165) is 12.1 Å². The van der Waals surface area contributed by atoms with Gasteiger partial charge in [0.15, 0.2) is 0 Å². The van der Waals surface area contributed by atoms with Crippen LogP contribution in [0.3, 0.4) is 0 Å². The third kappa shape index (κ3) is 2.50. The summed E-state index contributed by atoms with van der Waals surface area (Å²) >= 11 is 0. The number of aromatic hydroxyl groups is 1. The van der Waals surface area contributed by atoms with Gasteiger partial charge in [-0.15, -0.1) is 0 Å². The summed E-state index contributed by atoms with van der Waals surface area (Å²) in [4.78, 5) is 10.6. The number of nitrogens with one attached hydrogen (secondary N) is 1. The molecule has 1 fully saturated rings. The first-order chi connectivity index (χ1) is 7.90. The summed E-state index contributed by atoms with van der Waals surface area (Å²) in [6.45, 7) is 0. The molecule has 1 aliphatic carbocycles. The molecule has 0 aliphatic heterocycles. The average molecular weight is 257 g/mol. The third-order valence-electron chi connectivity index (χ3n) is 2.45. The lowest BCUT2D eigenvalue weighted by Crippen LogP contribution is -2.17. The van der Waals surface area contributed by atoms with Crippen LogP contribution in [0.5, 0.6) is 5.75 Å². The Hall–Kier alpha value is -1.76. The van der Waals surface area contributed by atoms with Crippen molar-refractivity contribution in [2.45, 2.75) is 18.1 Å². The van der Waals surface area contributed by atoms with Gasteiger partial charge < -0.3 is 10.2 Å². The van der Waals surface area contributed by atoms with Gasteiger partial charge in [-0.2, -0.15) is 0 Å². The summed E-state index contributed by atoms with van der Waals surface area (Å²) in [5.41, 5.74) is -0.0984. The zero-order valence-corrected chi connectivity index (χ0v) is 9.57. The first-order valence-electron chi connectivity index (χ1n) is 4.98. The van der Waals surface area contributed by atoms with Gasteiger partial charge in [-0.25, -0.2) is 13.2 Å². The van der Waals surface area contributed by atoms with E-state index in [2.05, 4.69) is 4.72 Å². The van der Waals surface area contributed by atoms with Gasteiger partial charge in [-0.05, 0) is 25.0 Å². The van der Waals surface area contributed by atoms with Crippen LogP contribution >= 0.6 is 0 Å². The molecule has 0 spiro atoms. The molecule has 3 N–H and O–H groups in total. The van der Waals surface area contributed by atoms with Crippen LogP contribution in [-0.4, -0.2) is 29.9 Å². The third-order valence-corrected chi connectivity index (χ3v) is 4.32. The number of phenols is 1. The number of carbonyl (C=O) groups is 1. The molecular formula is C10H11NO5S. The SMILES string of the molecule is O=C(O)c1ccc(NS(=O)(=O)C2CC2)cc1O. The number of benzene rings is 1. The summed E-state index contributed by atoms with van der Waals surface area (Å²) < 4.78 is 25.5. The highest BCUT2D eigenvalue weighted by molar-refractivity contribution is 7.93. The topological polar surface area (TPSA) is 104 Å². The Labute approximate surface area is 97.9 Å². The van der Waals surface area contributed by atoms with Crippen molar-refractivity contribution < 1.29 is 23.4 Å². The lowest BCUT2D eigenvalue weighted by Gasteiger charge is -2.08. The van der Waals surface area contributed by atoms with E-state index >= 15 is 0 Å². The molecule has 1 saturated carbocycles. The number of hydrogen-bond acceptors (Lipinski definition) is 4. The Morgan fingerprint density at radius 3 is 2.47 bits per heavy atom. The minimum absolute atomic E-state index is 0.166. The lowest BCUT2D eigenvalue weighted by atomic mass is 10.2. The van der Waals surface area contributed by atoms with Crippen LogP contribution in [-0.2, 0) is 10.0 Å². The second kappa shape index (κ2) is 3.92. The normalized spacial score (nSPS) is 15.5. The van der Waals surface area contributed by atoms with Gasteiger partial charge in [-0.3, -0.25) is 4.72 Å². The van der Waals surface area contributed by atoms with E-state index in [-0.39, 0.29) is 16.5 Å². The maximum Gasteiger partial charge on any atom is 0.339 e. The summed E-state index contributed by atoms with van der Waals surface area (Å²) in [6, 6.07) is 3.55. The second-order valence-corrected chi connectivity index (χ2v) is 5.84. The highest BCUT2D eigenvalue weighted by Crippen LogP contribution is 2.30. The monoisotopic (exact) mass is 257 g/mol. The molecule has 6 nitrogen and oxygen atoms in total. The quantitative estimate of drug-likeness (QED) is 0.746. The van der Waals surface area contributed by atoms with E-state index in [1.165, 1.54) is 6.07 Å². The highest BCUT2D eigenvalue weighted by Gasteiger charge is 2.35. The minimum Gasteiger partial charge on any atom is -0.507 e. The molecule has 1 aromatic carbocycles. The summed E-state index contributed by atoms with van der Waals surface area (Å²) in [6.07, 6.45) is 1.27. The molecule has 0 atom stereocenters. The van der Waals surface area contributed by atoms with Gasteiger partial charge in [-0.1, -0.05) is 0 Å². The molecule has 1 aliphatic rings. The Balaban J connectivity index is 2.23. The number of carboxylic acids is 1. The molecule has 17 heavy (non-hydrogen) atoms. The van der Waals surface area contributed by atoms with Gasteiger partial charge >= 0.3 is 5.97 Å². The van der Waals surface area contributed by atoms with Crippen LogP contribution in [0.25, 0.3) is 0 Å². The molecule has 0 saturated heterocycles. The highest BCUT2D eigenvalue weighted by atomic mass is 32.2. The van der Waals surface area contributed by atoms with Crippen molar-refractivity contribution in [3.05, 3.63) is 23.8 Å². The first-order valence-corrected chi connectivity index (χ1v) is 6.53. The Morgan fingerprint density at radius 2 is 2.00 bits per heavy atom. The van der Waals surface area contributed by atoms with E-state index in [1.807, 2.05) is 0 Å². The van der Waals surface area contributed by atoms with Crippen molar-refractivity contribution >= 4 is 21.7 Å². The van der Waals surface area contributed by atoms with Crippen molar-refractivity contribution in [1.29, 1.82) is 0 Å². The fourth-order valence-corrected chi connectivity index (χ4v) is 2.78. The predicted molar refractivity (Wildman–Crippen MR) is 60.6 cm³/mol. The van der Waals surface area contributed by atoms with Crippen LogP contribution in [0.1, 0.15) is 23.2 Å². The Bertz CT molecular complexity index is 562. The minimum atomic E-state index is -3.40. The predicted octanol–water partition coefficient (Wildman–Crippen LogP) is 0.994. The van der Waals surface area contributed by atoms with Crippen molar-refractivity contribution in [3.63, 3.8) is 0 Å². The second-order valence-electron chi connectivity index (χ2n) is 3.88. The van der Waals surface area contributed by atoms with Crippen molar-refractivity contribution in [1.82, 2.24) is 0 Å². The van der Waals surface area contributed by atoms with Crippen molar-refractivity contribution in [3.8, 4) is 5.75 Å². The molecular weight excluding hydrogens is 246 g/mol. The zero-order valence-electron chi connectivity index (χ0n) is 8.75. The number of anilines is 1. The van der Waals surface area contributed by atoms with Crippen molar-refractivity contribution in [2.75, 3.05) is 4.72 Å². The van der Waals surface area contributed by atoms with Crippen LogP contribution in [0.15, 0.2) is 18.2 Å². The van der Waals surface area contributed by atoms with E-state index in [9.17, 15) is 18.3 Å². The van der Waals surface area contributed by atoms with E-state index in [1.54, 1.807) is 0 Å². The number of aromatic carboxylic acids is 1. The Kier molecular flexibility index (Phi) is 2.70. The molecule has 92 valence electrons. The van der Waals surface area contributed by atoms with Crippen LogP contribution in [0.2, 0.25) is 0 Å². The Morgan fingerprint density at radius 1 is 1.35 bits per heavy atom. The van der Waals surface area contributed by atoms with E-state index in [0.29, 0.717) is 12.8 Å². The molecule has 1 aromatic rings. The van der Waals surface area contributed by atoms with E-state index in [4.69, 9.17) is 5.11 Å². The maximum absolute atomic E-state index is 11.6. The number of hydrogen-bond donors (Lipinski definition) is 3. The molecule has 0 heterocycles. The molecule has 7 heteroatoms. The standard InChI is InChI=1S/C10H11NO5S/c12-9-5-6(1-4-8(9)10(13)14)11-17(15,16)7-2-3-7/h1,4-5,7,11-12H,2-3H2,(H,13,14). The number of carboxylic acid groups (broad SMARTS) is 1. The van der Waals surface area contributed by atoms with Crippen LogP contribution < -0.4 is 4.72 Å². The van der Waals surface area contributed by atoms with Gasteiger partial charge in [0.1, 0.15) is 11.3 Å².